The summed E-state index contributed by atoms with van der Waals surface area (Å²) in [5.74, 6) is -0.154. The van der Waals surface area contributed by atoms with Crippen LogP contribution in [0.5, 0.6) is 0 Å². The predicted octanol–water partition coefficient (Wildman–Crippen LogP) is 1.75. The Kier molecular flexibility index (Phi) is 4.60. The van der Waals surface area contributed by atoms with Crippen molar-refractivity contribution < 1.29 is 9.59 Å². The first-order valence-corrected chi connectivity index (χ1v) is 5.19. The Morgan fingerprint density at radius 2 is 2.33 bits per heavy atom. The summed E-state index contributed by atoms with van der Waals surface area (Å²) in [6.45, 7) is 2.80. The van der Waals surface area contributed by atoms with E-state index in [1.807, 2.05) is 0 Å². The Hall–Kier alpha value is -1.58. The summed E-state index contributed by atoms with van der Waals surface area (Å²) in [7, 11) is 0. The normalized spacial score (nSPS) is 9.93. The maximum atomic E-state index is 11.5. The van der Waals surface area contributed by atoms with E-state index in [-0.39, 0.29) is 5.91 Å². The lowest BCUT2D eigenvalue weighted by atomic mass is 10.2. The monoisotopic (exact) mass is 208 g/mol. The van der Waals surface area contributed by atoms with Crippen molar-refractivity contribution >= 4 is 12.2 Å². The molecule has 0 aliphatic heterocycles. The van der Waals surface area contributed by atoms with Crippen LogP contribution in [-0.2, 0) is 0 Å². The molecule has 0 atom stereocenters. The van der Waals surface area contributed by atoms with Gasteiger partial charge in [0, 0.05) is 18.3 Å². The van der Waals surface area contributed by atoms with Crippen molar-refractivity contribution in [3.8, 4) is 0 Å². The lowest BCUT2D eigenvalue weighted by molar-refractivity contribution is 0.0948. The molecule has 1 amide bonds. The number of hydrogen-bond acceptors (Lipinski definition) is 2. The van der Waals surface area contributed by atoms with Crippen molar-refractivity contribution in [1.29, 1.82) is 0 Å². The van der Waals surface area contributed by atoms with Crippen molar-refractivity contribution in [3.63, 3.8) is 0 Å². The van der Waals surface area contributed by atoms with E-state index in [0.717, 1.165) is 19.3 Å². The number of carbonyl (C=O) groups is 2. The summed E-state index contributed by atoms with van der Waals surface area (Å²) in [6, 6.07) is 1.54. The predicted molar refractivity (Wildman–Crippen MR) is 58.0 cm³/mol. The molecule has 0 spiro atoms. The smallest absolute Gasteiger partial charge is 0.267 e. The van der Waals surface area contributed by atoms with E-state index in [9.17, 15) is 9.59 Å². The molecule has 1 rings (SSSR count). The Balaban J connectivity index is 2.36. The topological polar surface area (TPSA) is 62.0 Å². The first-order chi connectivity index (χ1) is 7.27. The average molecular weight is 208 g/mol. The molecule has 0 aromatic carbocycles. The van der Waals surface area contributed by atoms with Gasteiger partial charge in [-0.05, 0) is 12.5 Å². The number of hydrogen-bond donors (Lipinski definition) is 2. The fourth-order valence-corrected chi connectivity index (χ4v) is 1.28. The van der Waals surface area contributed by atoms with Crippen LogP contribution in [0, 0.1) is 0 Å². The lowest BCUT2D eigenvalue weighted by Crippen LogP contribution is -2.24. The number of aromatic amines is 1. The Bertz CT molecular complexity index is 331. The number of nitrogens with one attached hydrogen (secondary N) is 2. The van der Waals surface area contributed by atoms with Crippen LogP contribution in [0.2, 0.25) is 0 Å². The SMILES string of the molecule is CCCCCNC(=O)c1cc(C=O)c[nH]1. The third-order valence-corrected chi connectivity index (χ3v) is 2.15. The van der Waals surface area contributed by atoms with E-state index in [0.29, 0.717) is 24.1 Å². The van der Waals surface area contributed by atoms with Gasteiger partial charge in [0.1, 0.15) is 5.69 Å². The average Bonchev–Trinajstić information content (AvgIpc) is 2.72. The van der Waals surface area contributed by atoms with E-state index in [4.69, 9.17) is 0 Å². The molecule has 0 bridgehead atoms. The van der Waals surface area contributed by atoms with Gasteiger partial charge < -0.3 is 10.3 Å². The van der Waals surface area contributed by atoms with E-state index in [2.05, 4.69) is 17.2 Å². The maximum Gasteiger partial charge on any atom is 0.267 e. The summed E-state index contributed by atoms with van der Waals surface area (Å²) >= 11 is 0. The summed E-state index contributed by atoms with van der Waals surface area (Å²) < 4.78 is 0. The number of aldehydes is 1. The molecule has 0 saturated carbocycles. The second-order valence-electron chi connectivity index (χ2n) is 3.43. The van der Waals surface area contributed by atoms with Crippen LogP contribution in [0.3, 0.4) is 0 Å². The zero-order valence-corrected chi connectivity index (χ0v) is 8.88. The van der Waals surface area contributed by atoms with Gasteiger partial charge in [-0.2, -0.15) is 0 Å². The van der Waals surface area contributed by atoms with Crippen LogP contribution < -0.4 is 5.32 Å². The molecule has 0 aliphatic rings. The molecule has 4 heteroatoms. The summed E-state index contributed by atoms with van der Waals surface area (Å²) in [4.78, 5) is 24.6. The Labute approximate surface area is 89.1 Å². The Morgan fingerprint density at radius 1 is 1.53 bits per heavy atom. The van der Waals surface area contributed by atoms with Gasteiger partial charge in [-0.3, -0.25) is 9.59 Å². The number of amides is 1. The summed E-state index contributed by atoms with van der Waals surface area (Å²) in [5, 5.41) is 2.79. The minimum atomic E-state index is -0.154. The number of carbonyl (C=O) groups excluding carboxylic acids is 2. The first kappa shape index (κ1) is 11.5. The molecule has 15 heavy (non-hydrogen) atoms. The number of H-pyrrole nitrogens is 1. The molecular weight excluding hydrogens is 192 g/mol. The second kappa shape index (κ2) is 6.01. The molecule has 2 N–H and O–H groups in total. The number of unbranched alkanes of at least 4 members (excludes halogenated alkanes) is 2. The van der Waals surface area contributed by atoms with Gasteiger partial charge in [0.15, 0.2) is 6.29 Å². The minimum Gasteiger partial charge on any atom is -0.357 e. The van der Waals surface area contributed by atoms with Crippen molar-refractivity contribution in [3.05, 3.63) is 23.5 Å². The minimum absolute atomic E-state index is 0.154. The van der Waals surface area contributed by atoms with Gasteiger partial charge in [0.05, 0.1) is 0 Å². The molecule has 1 heterocycles. The quantitative estimate of drug-likeness (QED) is 0.552. The van der Waals surface area contributed by atoms with Gasteiger partial charge in [0.2, 0.25) is 0 Å². The van der Waals surface area contributed by atoms with Gasteiger partial charge in [-0.25, -0.2) is 0 Å². The van der Waals surface area contributed by atoms with E-state index < -0.39 is 0 Å². The van der Waals surface area contributed by atoms with Crippen molar-refractivity contribution in [1.82, 2.24) is 10.3 Å². The zero-order valence-electron chi connectivity index (χ0n) is 8.88. The molecule has 0 unspecified atom stereocenters. The number of aromatic nitrogens is 1. The summed E-state index contributed by atoms with van der Waals surface area (Å²) in [5.41, 5.74) is 0.933. The molecule has 0 aliphatic carbocycles. The third-order valence-electron chi connectivity index (χ3n) is 2.15. The van der Waals surface area contributed by atoms with Gasteiger partial charge in [0.25, 0.3) is 5.91 Å². The van der Waals surface area contributed by atoms with Gasteiger partial charge in [-0.15, -0.1) is 0 Å². The van der Waals surface area contributed by atoms with Gasteiger partial charge >= 0.3 is 0 Å². The molecule has 1 aromatic rings. The second-order valence-corrected chi connectivity index (χ2v) is 3.43. The fraction of sp³-hybridized carbons (Fsp3) is 0.455. The molecular formula is C11H16N2O2. The molecule has 0 saturated heterocycles. The van der Waals surface area contributed by atoms with Crippen molar-refractivity contribution in [2.75, 3.05) is 6.54 Å². The van der Waals surface area contributed by atoms with Crippen LogP contribution in [0.15, 0.2) is 12.3 Å². The largest absolute Gasteiger partial charge is 0.357 e. The third kappa shape index (κ3) is 3.58. The molecule has 1 aromatic heterocycles. The van der Waals surface area contributed by atoms with Crippen LogP contribution in [0.4, 0.5) is 0 Å². The molecule has 4 nitrogen and oxygen atoms in total. The highest BCUT2D eigenvalue weighted by Crippen LogP contribution is 2.00. The highest BCUT2D eigenvalue weighted by Gasteiger charge is 2.06. The molecule has 0 fully saturated rings. The Morgan fingerprint density at radius 3 is 2.93 bits per heavy atom. The highest BCUT2D eigenvalue weighted by atomic mass is 16.1. The fourth-order valence-electron chi connectivity index (χ4n) is 1.28. The lowest BCUT2D eigenvalue weighted by Gasteiger charge is -2.01. The van der Waals surface area contributed by atoms with E-state index >= 15 is 0 Å². The van der Waals surface area contributed by atoms with E-state index in [1.165, 1.54) is 6.20 Å². The van der Waals surface area contributed by atoms with E-state index in [1.54, 1.807) is 6.07 Å². The molecule has 0 radical (unpaired) electrons. The first-order valence-electron chi connectivity index (χ1n) is 5.19. The molecule has 82 valence electrons. The van der Waals surface area contributed by atoms with Gasteiger partial charge in [-0.1, -0.05) is 19.8 Å². The van der Waals surface area contributed by atoms with Crippen molar-refractivity contribution in [2.24, 2.45) is 0 Å². The van der Waals surface area contributed by atoms with Crippen LogP contribution in [-0.4, -0.2) is 23.7 Å². The maximum absolute atomic E-state index is 11.5. The summed E-state index contributed by atoms with van der Waals surface area (Å²) in [6.07, 6.45) is 5.47. The number of rotatable bonds is 6. The zero-order chi connectivity index (χ0) is 11.1. The highest BCUT2D eigenvalue weighted by molar-refractivity contribution is 5.94. The van der Waals surface area contributed by atoms with Crippen LogP contribution in [0.1, 0.15) is 47.0 Å². The van der Waals surface area contributed by atoms with Crippen molar-refractivity contribution in [2.45, 2.75) is 26.2 Å². The van der Waals surface area contributed by atoms with Crippen LogP contribution >= 0.6 is 0 Å². The standard InChI is InChI=1S/C11H16N2O2/c1-2-3-4-5-12-11(15)10-6-9(8-14)7-13-10/h6-8,13H,2-5H2,1H3,(H,12,15). The van der Waals surface area contributed by atoms with Crippen LogP contribution in [0.25, 0.3) is 0 Å².